The molecule has 0 aliphatic carbocycles. The van der Waals surface area contributed by atoms with Crippen molar-refractivity contribution in [2.24, 2.45) is 38.4 Å². The molecule has 0 aromatic rings. The summed E-state index contributed by atoms with van der Waals surface area (Å²) in [5, 5.41) is 0. The van der Waals surface area contributed by atoms with Crippen LogP contribution < -0.4 is 0 Å². The van der Waals surface area contributed by atoms with Crippen molar-refractivity contribution in [2.75, 3.05) is 92.5 Å². The number of halogens is 21. The first-order chi connectivity index (χ1) is 47.6. The van der Waals surface area contributed by atoms with E-state index in [4.69, 9.17) is 28.4 Å². The van der Waals surface area contributed by atoms with Crippen LogP contribution >= 0.6 is 0 Å². The van der Waals surface area contributed by atoms with Gasteiger partial charge in [0.1, 0.15) is 0 Å². The number of alkyl halides is 21. The predicted molar refractivity (Wildman–Crippen MR) is 292 cm³/mol. The van der Waals surface area contributed by atoms with Crippen molar-refractivity contribution in [2.45, 2.75) is 144 Å². The van der Waals surface area contributed by atoms with Crippen LogP contribution in [0.15, 0.2) is 0 Å². The number of hydrogen-bond acceptors (Lipinski definition) is 28. The highest BCUT2D eigenvalue weighted by molar-refractivity contribution is 5.89. The van der Waals surface area contributed by atoms with E-state index in [-0.39, 0.29) is 0 Å². The third-order valence-corrected chi connectivity index (χ3v) is 13.8. The zero-order valence-corrected chi connectivity index (χ0v) is 56.3. The molecule has 49 heteroatoms. The minimum Gasteiger partial charge on any atom is -0.454 e. The van der Waals surface area contributed by atoms with Gasteiger partial charge in [-0.15, -0.1) is 0 Å². The maximum atomic E-state index is 15.1. The van der Waals surface area contributed by atoms with Gasteiger partial charge in [0.25, 0.3) is 0 Å². The Balaban J connectivity index is 9.52. The molecule has 0 aromatic heterocycles. The van der Waals surface area contributed by atoms with Gasteiger partial charge in [-0.25, -0.2) is 33.6 Å². The second-order valence-corrected chi connectivity index (χ2v) is 24.7. The molecule has 0 aromatic carbocycles. The first-order valence-electron chi connectivity index (χ1n) is 29.4. The van der Waals surface area contributed by atoms with Gasteiger partial charge in [0.05, 0.1) is 38.4 Å². The molecule has 0 aliphatic heterocycles. The summed E-state index contributed by atoms with van der Waals surface area (Å²) in [5.74, 6) is -30.7. The van der Waals surface area contributed by atoms with E-state index in [9.17, 15) is 150 Å². The summed E-state index contributed by atoms with van der Waals surface area (Å²) in [6.07, 6.45) is -47.7. The quantitative estimate of drug-likeness (QED) is 0.0318. The van der Waals surface area contributed by atoms with E-state index in [2.05, 4.69) is 37.9 Å². The van der Waals surface area contributed by atoms with E-state index in [1.165, 1.54) is 0 Å². The fourth-order valence-corrected chi connectivity index (χ4v) is 9.95. The van der Waals surface area contributed by atoms with Crippen LogP contribution in [0.1, 0.15) is 100 Å². The SMILES string of the molecule is CCC(C)(CC(C)(CC(C)(CC(C)(CC(C)(CC(C)(CC(C)C(=O)OCC(=O)OCC(F)(F)F)C(=O)OCC(=O)OCC(F)(F)F)C(=O)OCC(=O)OCC(F)(F)F)C(=O)OCC(=O)OCC(F)(F)F)C(=O)OCC(=O)OCC(F)(F)F)C(=O)OCC(=O)OCC(F)(F)F)C(=O)OCC(=O)OCC(F)(F)F. The van der Waals surface area contributed by atoms with E-state index < -0.39 is 303 Å². The number of esters is 14. The van der Waals surface area contributed by atoms with Gasteiger partial charge in [-0.1, -0.05) is 13.8 Å². The lowest BCUT2D eigenvalue weighted by molar-refractivity contribution is -0.195. The highest BCUT2D eigenvalue weighted by atomic mass is 19.4. The summed E-state index contributed by atoms with van der Waals surface area (Å²) in [6.45, 7) is -25.0. The Labute approximate surface area is 583 Å². The van der Waals surface area contributed by atoms with Gasteiger partial charge in [-0.05, 0) is 86.5 Å². The van der Waals surface area contributed by atoms with E-state index >= 15 is 9.59 Å². The van der Waals surface area contributed by atoms with E-state index in [1.54, 1.807) is 0 Å². The summed E-state index contributed by atoms with van der Waals surface area (Å²) in [6, 6.07) is 0. The summed E-state index contributed by atoms with van der Waals surface area (Å²) in [5.41, 5.74) is -18.6. The smallest absolute Gasteiger partial charge is 0.422 e. The molecule has 106 heavy (non-hydrogen) atoms. The first kappa shape index (κ1) is 97.1. The van der Waals surface area contributed by atoms with Crippen molar-refractivity contribution in [3.63, 3.8) is 0 Å². The van der Waals surface area contributed by atoms with E-state index in [1.807, 2.05) is 0 Å². The van der Waals surface area contributed by atoms with Crippen molar-refractivity contribution in [1.82, 2.24) is 0 Å². The standard InChI is InChI=1S/C57H67F21O28/c1-9-45(3,39(87)94-12-32(80)101-24-52(61,62)63)18-47(5,41(89)96-14-34(82)103-26-54(67,68)69)20-49(7,43(91)98-16-36(84)105-28-56(73,74)75)22-50(8,44(92)99-17-37(85)106-29-57(76,77)78)21-48(6,42(90)97-15-35(83)104-27-55(70,71)72)19-46(4,40(88)95-13-33(81)102-25-53(64,65)66)10-30(2)38(86)93-11-31(79)100-23-51(58,59)60/h30H,9-29H2,1-8H3. The molecule has 0 fully saturated rings. The lowest BCUT2D eigenvalue weighted by atomic mass is 9.57. The molecule has 0 saturated heterocycles. The molecule has 7 atom stereocenters. The minimum atomic E-state index is -5.38. The molecule has 0 bridgehead atoms. The first-order valence-corrected chi connectivity index (χ1v) is 29.4. The molecule has 0 N–H and O–H groups in total. The minimum absolute atomic E-state index is 0.435. The maximum Gasteiger partial charge on any atom is 0.422 e. The normalized spacial score (nSPS) is 16.0. The molecule has 0 radical (unpaired) electrons. The lowest BCUT2D eigenvalue weighted by Gasteiger charge is -2.45. The van der Waals surface area contributed by atoms with Gasteiger partial charge in [-0.3, -0.25) is 33.6 Å². The predicted octanol–water partition coefficient (Wildman–Crippen LogP) is 7.95. The second kappa shape index (κ2) is 39.1. The number of rotatable bonds is 41. The zero-order valence-electron chi connectivity index (χ0n) is 56.3. The molecule has 7 unspecified atom stereocenters. The van der Waals surface area contributed by atoms with Gasteiger partial charge < -0.3 is 66.3 Å². The number of hydrogen-bond donors (Lipinski definition) is 0. The van der Waals surface area contributed by atoms with Crippen LogP contribution in [0.3, 0.4) is 0 Å². The second-order valence-electron chi connectivity index (χ2n) is 24.7. The van der Waals surface area contributed by atoms with Crippen LogP contribution in [-0.4, -0.2) is 219 Å². The molecule has 0 spiro atoms. The van der Waals surface area contributed by atoms with Crippen molar-refractivity contribution in [1.29, 1.82) is 0 Å². The maximum absolute atomic E-state index is 15.1. The van der Waals surface area contributed by atoms with Gasteiger partial charge in [-0.2, -0.15) is 92.2 Å². The highest BCUT2D eigenvalue weighted by Gasteiger charge is 2.59. The average molecular weight is 1600 g/mol. The van der Waals surface area contributed by atoms with Gasteiger partial charge in [0, 0.05) is 0 Å². The van der Waals surface area contributed by atoms with Crippen molar-refractivity contribution in [3.05, 3.63) is 0 Å². The molecule has 28 nitrogen and oxygen atoms in total. The summed E-state index contributed by atoms with van der Waals surface area (Å²) >= 11 is 0. The van der Waals surface area contributed by atoms with Gasteiger partial charge >= 0.3 is 127 Å². The topological polar surface area (TPSA) is 368 Å². The van der Waals surface area contributed by atoms with Crippen LogP contribution in [0.2, 0.25) is 0 Å². The fraction of sp³-hybridized carbons (Fsp3) is 0.754. The Kier molecular flexibility index (Phi) is 35.8. The molecular formula is C57H67F21O28. The van der Waals surface area contributed by atoms with E-state index in [0.29, 0.717) is 34.6 Å². The molecule has 0 heterocycles. The Morgan fingerprint density at radius 2 is 0.387 bits per heavy atom. The zero-order chi connectivity index (χ0) is 82.9. The molecule has 0 rings (SSSR count). The molecule has 610 valence electrons. The van der Waals surface area contributed by atoms with Crippen LogP contribution in [0.4, 0.5) is 92.2 Å². The van der Waals surface area contributed by atoms with Crippen molar-refractivity contribution >= 4 is 83.6 Å². The van der Waals surface area contributed by atoms with Gasteiger partial charge in [0.15, 0.2) is 92.5 Å². The van der Waals surface area contributed by atoms with Crippen LogP contribution in [0, 0.1) is 38.4 Å². The van der Waals surface area contributed by atoms with Crippen LogP contribution in [-0.2, 0) is 133 Å². The Hall–Kier alpha value is -8.89. The molecule has 0 aliphatic rings. The van der Waals surface area contributed by atoms with Gasteiger partial charge in [0.2, 0.25) is 0 Å². The molecule has 0 amide bonds. The van der Waals surface area contributed by atoms with Crippen LogP contribution in [0.5, 0.6) is 0 Å². The fourth-order valence-electron chi connectivity index (χ4n) is 9.95. The largest absolute Gasteiger partial charge is 0.454 e. The monoisotopic (exact) mass is 1600 g/mol. The Morgan fingerprint density at radius 3 is 0.566 bits per heavy atom. The van der Waals surface area contributed by atoms with Crippen molar-refractivity contribution < 1.29 is 226 Å². The average Bonchev–Trinajstić information content (AvgIpc) is 0.755. The number of carbonyl (C=O) groups excluding carboxylic acids is 14. The summed E-state index contributed by atoms with van der Waals surface area (Å²) < 4.78 is 336. The Morgan fingerprint density at radius 1 is 0.236 bits per heavy atom. The third-order valence-electron chi connectivity index (χ3n) is 13.8. The highest BCUT2D eigenvalue weighted by Crippen LogP contribution is 2.54. The lowest BCUT2D eigenvalue weighted by Crippen LogP contribution is -2.50. The molecular weight excluding hydrogens is 1530 g/mol. The van der Waals surface area contributed by atoms with Crippen molar-refractivity contribution in [3.8, 4) is 0 Å². The third kappa shape index (κ3) is 39.5. The van der Waals surface area contributed by atoms with E-state index in [0.717, 1.165) is 20.8 Å². The number of ether oxygens (including phenoxy) is 14. The Bertz CT molecular complexity index is 3090. The summed E-state index contributed by atoms with van der Waals surface area (Å²) in [7, 11) is 0. The number of carbonyl (C=O) groups is 14. The molecule has 0 saturated carbocycles. The summed E-state index contributed by atoms with van der Waals surface area (Å²) in [4.78, 5) is 189. The van der Waals surface area contributed by atoms with Crippen LogP contribution in [0.25, 0.3) is 0 Å².